The van der Waals surface area contributed by atoms with Crippen molar-refractivity contribution in [3.63, 3.8) is 0 Å². The molecule has 1 aliphatic rings. The third-order valence-corrected chi connectivity index (χ3v) is 5.78. The first-order valence-corrected chi connectivity index (χ1v) is 11.6. The van der Waals surface area contributed by atoms with Gasteiger partial charge in [0.1, 0.15) is 11.6 Å². The fourth-order valence-corrected chi connectivity index (χ4v) is 3.95. The van der Waals surface area contributed by atoms with E-state index in [1.54, 1.807) is 23.9 Å². The van der Waals surface area contributed by atoms with Crippen molar-refractivity contribution in [2.75, 3.05) is 38.7 Å². The second-order valence-corrected chi connectivity index (χ2v) is 8.68. The minimum absolute atomic E-state index is 0.132. The monoisotopic (exact) mass is 467 g/mol. The number of rotatable bonds is 7. The lowest BCUT2D eigenvalue weighted by Crippen LogP contribution is -2.24. The number of carbonyl (C=O) groups is 1. The van der Waals surface area contributed by atoms with Crippen LogP contribution in [-0.2, 0) is 4.74 Å². The molecule has 1 atom stereocenters. The van der Waals surface area contributed by atoms with Crippen LogP contribution in [0, 0.1) is 5.82 Å². The number of primary amides is 1. The highest BCUT2D eigenvalue weighted by atomic mass is 19.1. The number of amides is 2. The van der Waals surface area contributed by atoms with Gasteiger partial charge in [-0.3, -0.25) is 5.32 Å². The summed E-state index contributed by atoms with van der Waals surface area (Å²) in [5, 5.41) is 7.07. The fraction of sp³-hybridized carbons (Fsp3) is 0.385. The maximum atomic E-state index is 13.1. The number of benzene rings is 2. The molecular weight excluding hydrogens is 433 g/mol. The van der Waals surface area contributed by atoms with E-state index in [2.05, 4.69) is 15.3 Å². The van der Waals surface area contributed by atoms with E-state index in [-0.39, 0.29) is 11.7 Å². The zero-order valence-electron chi connectivity index (χ0n) is 20.1. The number of hydrogen-bond donors (Lipinski definition) is 2. The van der Waals surface area contributed by atoms with Gasteiger partial charge in [-0.05, 0) is 54.6 Å². The molecule has 3 aromatic rings. The summed E-state index contributed by atoms with van der Waals surface area (Å²) in [5.74, 6) is 1.21. The lowest BCUT2D eigenvalue weighted by Gasteiger charge is -2.15. The fourth-order valence-electron chi connectivity index (χ4n) is 3.95. The van der Waals surface area contributed by atoms with Gasteiger partial charge in [-0.2, -0.15) is 5.10 Å². The number of ether oxygens (including phenoxy) is 1. The lowest BCUT2D eigenvalue weighted by atomic mass is 9.98. The van der Waals surface area contributed by atoms with Gasteiger partial charge in [0.15, 0.2) is 0 Å². The van der Waals surface area contributed by atoms with Gasteiger partial charge in [-0.15, -0.1) is 0 Å². The SMILES string of the molecule is CC(C)c1cc(NC(N)=O)n(-c2ccccc2)n1.COCCN1CC[C@H](c2cccc(F)c2)C1. The van der Waals surface area contributed by atoms with Crippen LogP contribution in [0.1, 0.15) is 43.4 Å². The molecule has 2 heterocycles. The van der Waals surface area contributed by atoms with Crippen molar-refractivity contribution in [2.45, 2.75) is 32.1 Å². The predicted molar refractivity (Wildman–Crippen MR) is 133 cm³/mol. The summed E-state index contributed by atoms with van der Waals surface area (Å²) in [4.78, 5) is 13.4. The minimum atomic E-state index is -0.595. The number of urea groups is 1. The summed E-state index contributed by atoms with van der Waals surface area (Å²) >= 11 is 0. The van der Waals surface area contributed by atoms with E-state index in [0.717, 1.165) is 49.6 Å². The van der Waals surface area contributed by atoms with Gasteiger partial charge in [-0.1, -0.05) is 44.2 Å². The first kappa shape index (κ1) is 25.4. The number of nitrogens with two attached hydrogens (primary N) is 1. The van der Waals surface area contributed by atoms with E-state index in [4.69, 9.17) is 10.5 Å². The molecule has 7 nitrogen and oxygen atoms in total. The number of nitrogens with zero attached hydrogens (tertiary/aromatic N) is 3. The van der Waals surface area contributed by atoms with Crippen molar-refractivity contribution in [2.24, 2.45) is 5.73 Å². The van der Waals surface area contributed by atoms with Crippen LogP contribution >= 0.6 is 0 Å². The Morgan fingerprint density at radius 1 is 1.21 bits per heavy atom. The van der Waals surface area contributed by atoms with E-state index in [9.17, 15) is 9.18 Å². The standard InChI is InChI=1S/C13H18FNO.C13H16N4O/c1-16-8-7-15-6-5-12(10-15)11-3-2-4-13(14)9-11;1-9(2)11-8-12(15-13(14)18)17(16-11)10-6-4-3-5-7-10/h2-4,9,12H,5-8,10H2,1H3;3-9H,1-2H3,(H3,14,15,18)/t12-;/m0./s1. The third kappa shape index (κ3) is 7.13. The predicted octanol–water partition coefficient (Wildman–Crippen LogP) is 4.75. The number of halogens is 1. The van der Waals surface area contributed by atoms with Gasteiger partial charge in [0.2, 0.25) is 0 Å². The summed E-state index contributed by atoms with van der Waals surface area (Å²) in [6.45, 7) is 7.95. The number of hydrogen-bond acceptors (Lipinski definition) is 4. The molecule has 1 aromatic heterocycles. The normalized spacial score (nSPS) is 15.7. The first-order chi connectivity index (χ1) is 16.4. The molecule has 8 heteroatoms. The topological polar surface area (TPSA) is 85.4 Å². The molecule has 0 unspecified atom stereocenters. The number of likely N-dealkylation sites (tertiary alicyclic amines) is 1. The molecule has 2 amide bonds. The van der Waals surface area contributed by atoms with Crippen LogP contribution in [-0.4, -0.2) is 54.1 Å². The van der Waals surface area contributed by atoms with Gasteiger partial charge in [-0.25, -0.2) is 13.9 Å². The van der Waals surface area contributed by atoms with Crippen LogP contribution in [0.15, 0.2) is 60.7 Å². The summed E-state index contributed by atoms with van der Waals surface area (Å²) in [6.07, 6.45) is 1.12. The molecule has 0 bridgehead atoms. The van der Waals surface area contributed by atoms with Crippen LogP contribution in [0.3, 0.4) is 0 Å². The van der Waals surface area contributed by atoms with E-state index >= 15 is 0 Å². The Morgan fingerprint density at radius 3 is 2.62 bits per heavy atom. The highest BCUT2D eigenvalue weighted by molar-refractivity contribution is 5.87. The molecule has 0 saturated carbocycles. The molecule has 0 aliphatic carbocycles. The van der Waals surface area contributed by atoms with Gasteiger partial charge < -0.3 is 15.4 Å². The van der Waals surface area contributed by atoms with Crippen molar-refractivity contribution in [3.05, 3.63) is 77.7 Å². The molecule has 182 valence electrons. The number of aromatic nitrogens is 2. The molecule has 34 heavy (non-hydrogen) atoms. The molecule has 3 N–H and O–H groups in total. The van der Waals surface area contributed by atoms with E-state index < -0.39 is 6.03 Å². The molecule has 4 rings (SSSR count). The summed E-state index contributed by atoms with van der Waals surface area (Å²) < 4.78 is 19.8. The first-order valence-electron chi connectivity index (χ1n) is 11.6. The Bertz CT molecular complexity index is 1050. The van der Waals surface area contributed by atoms with Crippen LogP contribution in [0.5, 0.6) is 0 Å². The summed E-state index contributed by atoms with van der Waals surface area (Å²) in [7, 11) is 1.72. The number of methoxy groups -OCH3 is 1. The van der Waals surface area contributed by atoms with Crippen molar-refractivity contribution >= 4 is 11.8 Å². The Kier molecular flexibility index (Phi) is 9.18. The van der Waals surface area contributed by atoms with Crippen LogP contribution in [0.25, 0.3) is 5.69 Å². The van der Waals surface area contributed by atoms with E-state index in [0.29, 0.717) is 11.7 Å². The Labute approximate surface area is 200 Å². The zero-order valence-corrected chi connectivity index (χ0v) is 20.1. The smallest absolute Gasteiger partial charge is 0.317 e. The molecule has 1 fully saturated rings. The number of nitrogens with one attached hydrogen (secondary N) is 1. The Hall–Kier alpha value is -3.23. The average Bonchev–Trinajstić information content (AvgIpc) is 3.46. The largest absolute Gasteiger partial charge is 0.383 e. The second-order valence-electron chi connectivity index (χ2n) is 8.68. The summed E-state index contributed by atoms with van der Waals surface area (Å²) in [6, 6.07) is 17.8. The quantitative estimate of drug-likeness (QED) is 0.525. The van der Waals surface area contributed by atoms with E-state index in [1.165, 1.54) is 6.07 Å². The minimum Gasteiger partial charge on any atom is -0.383 e. The van der Waals surface area contributed by atoms with Gasteiger partial charge in [0.25, 0.3) is 0 Å². The van der Waals surface area contributed by atoms with Crippen LogP contribution in [0.2, 0.25) is 0 Å². The second kappa shape index (κ2) is 12.3. The van der Waals surface area contributed by atoms with Gasteiger partial charge >= 0.3 is 6.03 Å². The van der Waals surface area contributed by atoms with Crippen molar-refractivity contribution < 1.29 is 13.9 Å². The molecule has 2 aromatic carbocycles. The highest BCUT2D eigenvalue weighted by Gasteiger charge is 2.23. The molecule has 0 radical (unpaired) electrons. The van der Waals surface area contributed by atoms with Crippen molar-refractivity contribution in [3.8, 4) is 5.69 Å². The maximum absolute atomic E-state index is 13.1. The number of carbonyl (C=O) groups excluding carboxylic acids is 1. The lowest BCUT2D eigenvalue weighted by molar-refractivity contribution is 0.160. The third-order valence-electron chi connectivity index (χ3n) is 5.78. The van der Waals surface area contributed by atoms with Gasteiger partial charge in [0.05, 0.1) is 18.0 Å². The van der Waals surface area contributed by atoms with Crippen LogP contribution in [0.4, 0.5) is 15.0 Å². The zero-order chi connectivity index (χ0) is 24.5. The number of para-hydroxylation sites is 1. The Morgan fingerprint density at radius 2 is 1.97 bits per heavy atom. The molecule has 1 aliphatic heterocycles. The van der Waals surface area contributed by atoms with Crippen LogP contribution < -0.4 is 11.1 Å². The molecular formula is C26H34FN5O2. The van der Waals surface area contributed by atoms with Crippen molar-refractivity contribution in [1.82, 2.24) is 14.7 Å². The van der Waals surface area contributed by atoms with E-state index in [1.807, 2.05) is 56.3 Å². The molecule has 1 saturated heterocycles. The van der Waals surface area contributed by atoms with Gasteiger partial charge in [0, 0.05) is 26.3 Å². The average molecular weight is 468 g/mol. The highest BCUT2D eigenvalue weighted by Crippen LogP contribution is 2.27. The Balaban J connectivity index is 0.000000192. The number of anilines is 1. The van der Waals surface area contributed by atoms with Crippen molar-refractivity contribution in [1.29, 1.82) is 0 Å². The molecule has 0 spiro atoms. The summed E-state index contributed by atoms with van der Waals surface area (Å²) in [5.41, 5.74) is 8.08. The maximum Gasteiger partial charge on any atom is 0.317 e.